The van der Waals surface area contributed by atoms with Gasteiger partial charge in [0.25, 0.3) is 0 Å². The van der Waals surface area contributed by atoms with Crippen LogP contribution in [0.3, 0.4) is 0 Å². The number of hydrogen-bond donors (Lipinski definition) is 2. The SMILES string of the molecule is CCCC1CCCC(NOCC(N)=O)CC1. The van der Waals surface area contributed by atoms with E-state index >= 15 is 0 Å². The third-order valence-electron chi connectivity index (χ3n) is 3.25. The van der Waals surface area contributed by atoms with Gasteiger partial charge in [0.05, 0.1) is 0 Å². The molecule has 4 nitrogen and oxygen atoms in total. The molecule has 0 aromatic heterocycles. The Morgan fingerprint density at radius 1 is 1.38 bits per heavy atom. The lowest BCUT2D eigenvalue weighted by molar-refractivity contribution is -0.126. The van der Waals surface area contributed by atoms with Gasteiger partial charge in [-0.15, -0.1) is 0 Å². The normalized spacial score (nSPS) is 26.3. The van der Waals surface area contributed by atoms with Gasteiger partial charge in [-0.3, -0.25) is 9.63 Å². The first-order valence-electron chi connectivity index (χ1n) is 6.38. The highest BCUT2D eigenvalue weighted by atomic mass is 16.6. The summed E-state index contributed by atoms with van der Waals surface area (Å²) in [6.07, 6.45) is 8.76. The molecule has 1 rings (SSSR count). The maximum atomic E-state index is 10.5. The van der Waals surface area contributed by atoms with Crippen LogP contribution in [0.25, 0.3) is 0 Å². The van der Waals surface area contributed by atoms with E-state index < -0.39 is 5.91 Å². The second-order valence-corrected chi connectivity index (χ2v) is 4.73. The van der Waals surface area contributed by atoms with Crippen molar-refractivity contribution in [2.45, 2.75) is 57.9 Å². The van der Waals surface area contributed by atoms with E-state index in [4.69, 9.17) is 10.6 Å². The smallest absolute Gasteiger partial charge is 0.245 e. The molecule has 0 radical (unpaired) electrons. The van der Waals surface area contributed by atoms with Crippen molar-refractivity contribution in [3.63, 3.8) is 0 Å². The van der Waals surface area contributed by atoms with E-state index in [0.29, 0.717) is 6.04 Å². The van der Waals surface area contributed by atoms with Crippen molar-refractivity contribution in [1.82, 2.24) is 5.48 Å². The molecule has 1 aliphatic carbocycles. The van der Waals surface area contributed by atoms with Crippen molar-refractivity contribution in [3.05, 3.63) is 0 Å². The maximum absolute atomic E-state index is 10.5. The second kappa shape index (κ2) is 7.63. The summed E-state index contributed by atoms with van der Waals surface area (Å²) in [7, 11) is 0. The number of nitrogens with two attached hydrogens (primary N) is 1. The van der Waals surface area contributed by atoms with Crippen LogP contribution >= 0.6 is 0 Å². The van der Waals surface area contributed by atoms with Gasteiger partial charge in [0.15, 0.2) is 0 Å². The van der Waals surface area contributed by atoms with Gasteiger partial charge in [-0.05, 0) is 25.2 Å². The highest BCUT2D eigenvalue weighted by Gasteiger charge is 2.18. The van der Waals surface area contributed by atoms with Gasteiger partial charge in [-0.25, -0.2) is 0 Å². The summed E-state index contributed by atoms with van der Waals surface area (Å²) >= 11 is 0. The molecule has 1 fully saturated rings. The molecule has 0 heterocycles. The molecule has 2 atom stereocenters. The number of amides is 1. The van der Waals surface area contributed by atoms with E-state index in [1.165, 1.54) is 32.1 Å². The van der Waals surface area contributed by atoms with Crippen LogP contribution in [0.4, 0.5) is 0 Å². The molecule has 1 aliphatic rings. The standard InChI is InChI=1S/C12H24N2O2/c1-2-4-10-5-3-6-11(8-7-10)14-16-9-12(13)15/h10-11,14H,2-9H2,1H3,(H2,13,15). The van der Waals surface area contributed by atoms with E-state index in [1.807, 2.05) is 0 Å². The van der Waals surface area contributed by atoms with E-state index in [2.05, 4.69) is 12.4 Å². The Morgan fingerprint density at radius 2 is 2.19 bits per heavy atom. The predicted octanol–water partition coefficient (Wildman–Crippen LogP) is 1.74. The molecule has 0 aromatic carbocycles. The minimum Gasteiger partial charge on any atom is -0.368 e. The number of hydroxylamine groups is 1. The second-order valence-electron chi connectivity index (χ2n) is 4.73. The summed E-state index contributed by atoms with van der Waals surface area (Å²) in [5.41, 5.74) is 7.95. The van der Waals surface area contributed by atoms with Crippen LogP contribution < -0.4 is 11.2 Å². The first-order chi connectivity index (χ1) is 7.72. The summed E-state index contributed by atoms with van der Waals surface area (Å²) in [5.74, 6) is 0.456. The molecule has 4 heteroatoms. The van der Waals surface area contributed by atoms with E-state index in [1.54, 1.807) is 0 Å². The Kier molecular flexibility index (Phi) is 6.42. The van der Waals surface area contributed by atoms with Crippen LogP contribution in [0.5, 0.6) is 0 Å². The van der Waals surface area contributed by atoms with Crippen LogP contribution in [0, 0.1) is 5.92 Å². The van der Waals surface area contributed by atoms with Crippen molar-refractivity contribution in [1.29, 1.82) is 0 Å². The fourth-order valence-corrected chi connectivity index (χ4v) is 2.42. The van der Waals surface area contributed by atoms with Gasteiger partial charge >= 0.3 is 0 Å². The van der Waals surface area contributed by atoms with E-state index in [-0.39, 0.29) is 6.61 Å². The van der Waals surface area contributed by atoms with Crippen LogP contribution in [0.15, 0.2) is 0 Å². The molecule has 94 valence electrons. The molecule has 1 saturated carbocycles. The summed E-state index contributed by atoms with van der Waals surface area (Å²) in [6.45, 7) is 2.21. The van der Waals surface area contributed by atoms with Crippen LogP contribution in [-0.2, 0) is 9.63 Å². The Labute approximate surface area is 97.9 Å². The van der Waals surface area contributed by atoms with E-state index in [0.717, 1.165) is 18.8 Å². The van der Waals surface area contributed by atoms with Crippen molar-refractivity contribution in [2.75, 3.05) is 6.61 Å². The number of rotatable bonds is 6. The molecule has 3 N–H and O–H groups in total. The van der Waals surface area contributed by atoms with Gasteiger partial charge in [0, 0.05) is 6.04 Å². The van der Waals surface area contributed by atoms with Crippen LogP contribution in [0.1, 0.15) is 51.9 Å². The largest absolute Gasteiger partial charge is 0.368 e. The minimum absolute atomic E-state index is 0.0328. The molecule has 0 saturated heterocycles. The van der Waals surface area contributed by atoms with Crippen molar-refractivity contribution >= 4 is 5.91 Å². The van der Waals surface area contributed by atoms with Gasteiger partial charge in [0.2, 0.25) is 5.91 Å². The number of carbonyl (C=O) groups is 1. The quantitative estimate of drug-likeness (QED) is 0.537. The maximum Gasteiger partial charge on any atom is 0.245 e. The Hall–Kier alpha value is -0.610. The molecular formula is C12H24N2O2. The fraction of sp³-hybridized carbons (Fsp3) is 0.917. The Morgan fingerprint density at radius 3 is 2.88 bits per heavy atom. The third-order valence-corrected chi connectivity index (χ3v) is 3.25. The number of nitrogens with one attached hydrogen (secondary N) is 1. The lowest BCUT2D eigenvalue weighted by Crippen LogP contribution is -2.32. The van der Waals surface area contributed by atoms with Crippen LogP contribution in [-0.4, -0.2) is 18.6 Å². The zero-order chi connectivity index (χ0) is 11.8. The molecule has 0 spiro atoms. The lowest BCUT2D eigenvalue weighted by atomic mass is 9.95. The van der Waals surface area contributed by atoms with Gasteiger partial charge in [0.1, 0.15) is 6.61 Å². The number of hydrogen-bond acceptors (Lipinski definition) is 3. The van der Waals surface area contributed by atoms with Crippen molar-refractivity contribution in [2.24, 2.45) is 11.7 Å². The van der Waals surface area contributed by atoms with E-state index in [9.17, 15) is 4.79 Å². The Bertz CT molecular complexity index is 209. The molecular weight excluding hydrogens is 204 g/mol. The van der Waals surface area contributed by atoms with Crippen molar-refractivity contribution in [3.8, 4) is 0 Å². The Balaban J connectivity index is 2.17. The summed E-state index contributed by atoms with van der Waals surface area (Å²) in [6, 6.07) is 0.390. The fourth-order valence-electron chi connectivity index (χ4n) is 2.42. The zero-order valence-electron chi connectivity index (χ0n) is 10.2. The molecule has 16 heavy (non-hydrogen) atoms. The molecule has 2 unspecified atom stereocenters. The summed E-state index contributed by atoms with van der Waals surface area (Å²) < 4.78 is 0. The zero-order valence-corrected chi connectivity index (χ0v) is 10.2. The van der Waals surface area contributed by atoms with Crippen molar-refractivity contribution < 1.29 is 9.63 Å². The monoisotopic (exact) mass is 228 g/mol. The topological polar surface area (TPSA) is 64.3 Å². The third kappa shape index (κ3) is 5.47. The average molecular weight is 228 g/mol. The van der Waals surface area contributed by atoms with Gasteiger partial charge < -0.3 is 5.73 Å². The average Bonchev–Trinajstić information content (AvgIpc) is 2.44. The van der Waals surface area contributed by atoms with Gasteiger partial charge in [-0.2, -0.15) is 5.48 Å². The number of carbonyl (C=O) groups excluding carboxylic acids is 1. The highest BCUT2D eigenvalue weighted by Crippen LogP contribution is 2.26. The predicted molar refractivity (Wildman–Crippen MR) is 63.6 cm³/mol. The number of primary amides is 1. The first kappa shape index (κ1) is 13.5. The lowest BCUT2D eigenvalue weighted by Gasteiger charge is -2.15. The molecule has 0 bridgehead atoms. The van der Waals surface area contributed by atoms with Gasteiger partial charge in [-0.1, -0.05) is 32.6 Å². The van der Waals surface area contributed by atoms with Crippen LogP contribution in [0.2, 0.25) is 0 Å². The highest BCUT2D eigenvalue weighted by molar-refractivity contribution is 5.74. The molecule has 1 amide bonds. The minimum atomic E-state index is -0.426. The first-order valence-corrected chi connectivity index (χ1v) is 6.38. The summed E-state index contributed by atoms with van der Waals surface area (Å²) in [4.78, 5) is 15.6. The molecule has 0 aromatic rings. The molecule has 0 aliphatic heterocycles. The summed E-state index contributed by atoms with van der Waals surface area (Å²) in [5, 5.41) is 0.